The van der Waals surface area contributed by atoms with E-state index in [0.29, 0.717) is 11.8 Å². The maximum atomic E-state index is 12.0. The molecule has 0 aromatic carbocycles. The van der Waals surface area contributed by atoms with E-state index in [4.69, 9.17) is 15.4 Å². The molecule has 2 aliphatic carbocycles. The molecule has 5 nitrogen and oxygen atoms in total. The van der Waals surface area contributed by atoms with Gasteiger partial charge >= 0.3 is 6.09 Å². The van der Waals surface area contributed by atoms with E-state index in [1.54, 1.807) is 20.8 Å². The van der Waals surface area contributed by atoms with Crippen molar-refractivity contribution in [3.8, 4) is 0 Å². The van der Waals surface area contributed by atoms with E-state index >= 15 is 0 Å². The fourth-order valence-electron chi connectivity index (χ4n) is 2.76. The van der Waals surface area contributed by atoms with Gasteiger partial charge in [-0.2, -0.15) is 0 Å². The summed E-state index contributed by atoms with van der Waals surface area (Å²) in [5.74, 6) is 0.518. The van der Waals surface area contributed by atoms with Gasteiger partial charge in [0.25, 0.3) is 0 Å². The van der Waals surface area contributed by atoms with E-state index in [1.165, 1.54) is 0 Å². The highest BCUT2D eigenvalue weighted by Crippen LogP contribution is 2.46. The average Bonchev–Trinajstić information content (AvgIpc) is 3.11. The second kappa shape index (κ2) is 5.95. The second-order valence-electron chi connectivity index (χ2n) is 7.22. The van der Waals surface area contributed by atoms with E-state index in [0.717, 1.165) is 25.7 Å². The Labute approximate surface area is 131 Å². The number of amides is 1. The van der Waals surface area contributed by atoms with Gasteiger partial charge in [0, 0.05) is 16.7 Å². The van der Waals surface area contributed by atoms with E-state index in [2.05, 4.69) is 5.32 Å². The quantitative estimate of drug-likeness (QED) is 0.756. The van der Waals surface area contributed by atoms with E-state index in [-0.39, 0.29) is 17.7 Å². The Bertz CT molecular complexity index is 492. The van der Waals surface area contributed by atoms with Crippen LogP contribution in [-0.4, -0.2) is 31.9 Å². The van der Waals surface area contributed by atoms with Crippen LogP contribution in [0.5, 0.6) is 0 Å². The van der Waals surface area contributed by atoms with Crippen LogP contribution in [0.3, 0.4) is 0 Å². The predicted octanol–water partition coefficient (Wildman–Crippen LogP) is 2.88. The van der Waals surface area contributed by atoms with Gasteiger partial charge in [-0.25, -0.2) is 13.2 Å². The molecule has 0 aliphatic heterocycles. The van der Waals surface area contributed by atoms with Gasteiger partial charge in [-0.3, -0.25) is 0 Å². The van der Waals surface area contributed by atoms with Crippen molar-refractivity contribution in [2.45, 2.75) is 58.1 Å². The summed E-state index contributed by atoms with van der Waals surface area (Å²) >= 11 is 0. The molecule has 0 spiro atoms. The minimum atomic E-state index is -3.57. The number of halogens is 1. The number of hydrogen-bond donors (Lipinski definition) is 1. The minimum Gasteiger partial charge on any atom is -0.444 e. The summed E-state index contributed by atoms with van der Waals surface area (Å²) in [6, 6.07) is -0.152. The van der Waals surface area contributed by atoms with Gasteiger partial charge in [-0.1, -0.05) is 0 Å². The lowest BCUT2D eigenvalue weighted by molar-refractivity contribution is 0.0475. The van der Waals surface area contributed by atoms with Crippen LogP contribution < -0.4 is 5.32 Å². The smallest absolute Gasteiger partial charge is 0.407 e. The maximum absolute atomic E-state index is 12.0. The zero-order chi connectivity index (χ0) is 15.8. The number of nitrogens with one attached hydrogen (secondary N) is 1. The van der Waals surface area contributed by atoms with E-state index in [1.807, 2.05) is 0 Å². The van der Waals surface area contributed by atoms with Gasteiger partial charge in [0.05, 0.1) is 5.75 Å². The van der Waals surface area contributed by atoms with Gasteiger partial charge < -0.3 is 10.1 Å². The number of ether oxygens (including phenoxy) is 1. The molecule has 122 valence electrons. The fraction of sp³-hybridized carbons (Fsp3) is 0.929. The molecule has 21 heavy (non-hydrogen) atoms. The third kappa shape index (κ3) is 6.02. The number of carbonyl (C=O) groups excluding carboxylic acids is 1. The molecule has 1 N–H and O–H groups in total. The molecule has 0 heterocycles. The molecular formula is C14H24ClNO4S. The Morgan fingerprint density at radius 1 is 1.24 bits per heavy atom. The molecule has 2 rings (SSSR count). The number of hydrogen-bond acceptors (Lipinski definition) is 4. The van der Waals surface area contributed by atoms with Crippen molar-refractivity contribution in [3.05, 3.63) is 0 Å². The van der Waals surface area contributed by atoms with Crippen molar-refractivity contribution in [1.82, 2.24) is 5.32 Å². The zero-order valence-electron chi connectivity index (χ0n) is 12.8. The standard InChI is InChI=1S/C14H24ClNO4S/c1-14(2,3)20-13(17)16-12(10-6-7-10)11(9-4-5-9)8-21(15,18)19/h9-12H,4-8H2,1-3H3,(H,16,17). The van der Waals surface area contributed by atoms with Crippen LogP contribution in [0.1, 0.15) is 46.5 Å². The van der Waals surface area contributed by atoms with Crippen LogP contribution in [0.25, 0.3) is 0 Å². The van der Waals surface area contributed by atoms with Crippen molar-refractivity contribution < 1.29 is 17.9 Å². The molecular weight excluding hydrogens is 314 g/mol. The first-order chi connectivity index (χ1) is 9.55. The normalized spacial score (nSPS) is 22.5. The summed E-state index contributed by atoms with van der Waals surface area (Å²) in [4.78, 5) is 12.0. The van der Waals surface area contributed by atoms with Crippen LogP contribution in [0, 0.1) is 17.8 Å². The average molecular weight is 338 g/mol. The number of carbonyl (C=O) groups is 1. The summed E-state index contributed by atoms with van der Waals surface area (Å²) in [6.45, 7) is 5.42. The molecule has 1 amide bonds. The van der Waals surface area contributed by atoms with Crippen LogP contribution in [-0.2, 0) is 13.8 Å². The van der Waals surface area contributed by atoms with Gasteiger partial charge in [0.1, 0.15) is 5.60 Å². The molecule has 2 unspecified atom stereocenters. The maximum Gasteiger partial charge on any atom is 0.407 e. The Balaban J connectivity index is 2.04. The monoisotopic (exact) mass is 337 g/mol. The van der Waals surface area contributed by atoms with E-state index < -0.39 is 20.7 Å². The second-order valence-corrected chi connectivity index (χ2v) is 10.0. The van der Waals surface area contributed by atoms with Crippen LogP contribution in [0.2, 0.25) is 0 Å². The molecule has 7 heteroatoms. The minimum absolute atomic E-state index is 0.0732. The highest BCUT2D eigenvalue weighted by Gasteiger charge is 2.46. The van der Waals surface area contributed by atoms with Crippen LogP contribution in [0.15, 0.2) is 0 Å². The van der Waals surface area contributed by atoms with Crippen LogP contribution >= 0.6 is 10.7 Å². The molecule has 0 radical (unpaired) electrons. The van der Waals surface area contributed by atoms with Crippen molar-refractivity contribution in [2.75, 3.05) is 5.75 Å². The Morgan fingerprint density at radius 2 is 1.76 bits per heavy atom. The Morgan fingerprint density at radius 3 is 2.14 bits per heavy atom. The highest BCUT2D eigenvalue weighted by molar-refractivity contribution is 8.13. The molecule has 2 atom stereocenters. The first-order valence-electron chi connectivity index (χ1n) is 7.47. The molecule has 0 aromatic heterocycles. The SMILES string of the molecule is CC(C)(C)OC(=O)NC(C1CC1)C(CS(=O)(=O)Cl)C1CC1. The zero-order valence-corrected chi connectivity index (χ0v) is 14.3. The summed E-state index contributed by atoms with van der Waals surface area (Å²) in [6.07, 6.45) is 3.59. The van der Waals surface area contributed by atoms with E-state index in [9.17, 15) is 13.2 Å². The molecule has 0 bridgehead atoms. The summed E-state index contributed by atoms with van der Waals surface area (Å²) in [7, 11) is 1.87. The van der Waals surface area contributed by atoms with Gasteiger partial charge in [0.15, 0.2) is 0 Å². The first kappa shape index (κ1) is 16.9. The van der Waals surface area contributed by atoms with Gasteiger partial charge in [-0.05, 0) is 64.2 Å². The highest BCUT2D eigenvalue weighted by atomic mass is 35.7. The van der Waals surface area contributed by atoms with Gasteiger partial charge in [-0.15, -0.1) is 0 Å². The third-order valence-electron chi connectivity index (χ3n) is 3.89. The van der Waals surface area contributed by atoms with Crippen molar-refractivity contribution >= 4 is 25.8 Å². The number of rotatable bonds is 6. The van der Waals surface area contributed by atoms with Crippen LogP contribution in [0.4, 0.5) is 4.79 Å². The molecule has 2 aliphatic rings. The Kier molecular flexibility index (Phi) is 4.78. The molecule has 2 saturated carbocycles. The lowest BCUT2D eigenvalue weighted by Crippen LogP contribution is -2.46. The first-order valence-corrected chi connectivity index (χ1v) is 9.95. The molecule has 2 fully saturated rings. The van der Waals surface area contributed by atoms with Crippen molar-refractivity contribution in [1.29, 1.82) is 0 Å². The summed E-state index contributed by atoms with van der Waals surface area (Å²) in [5.41, 5.74) is -0.564. The van der Waals surface area contributed by atoms with Crippen molar-refractivity contribution in [3.63, 3.8) is 0 Å². The third-order valence-corrected chi connectivity index (χ3v) is 5.05. The van der Waals surface area contributed by atoms with Crippen molar-refractivity contribution in [2.24, 2.45) is 17.8 Å². The van der Waals surface area contributed by atoms with Gasteiger partial charge in [0.2, 0.25) is 9.05 Å². The summed E-state index contributed by atoms with van der Waals surface area (Å²) in [5, 5.41) is 2.90. The lowest BCUT2D eigenvalue weighted by Gasteiger charge is -2.29. The lowest BCUT2D eigenvalue weighted by atomic mass is 9.93. The predicted molar refractivity (Wildman–Crippen MR) is 81.7 cm³/mol. The Hall–Kier alpha value is -0.490. The largest absolute Gasteiger partial charge is 0.444 e. The molecule has 0 saturated heterocycles. The topological polar surface area (TPSA) is 72.5 Å². The number of alkyl carbamates (subject to hydrolysis) is 1. The fourth-order valence-corrected chi connectivity index (χ4v) is 4.14. The summed E-state index contributed by atoms with van der Waals surface area (Å²) < 4.78 is 28.2. The molecule has 0 aromatic rings.